The van der Waals surface area contributed by atoms with E-state index in [0.717, 1.165) is 22.3 Å². The van der Waals surface area contributed by atoms with E-state index < -0.39 is 16.4 Å². The summed E-state index contributed by atoms with van der Waals surface area (Å²) in [5.74, 6) is -1.06. The Morgan fingerprint density at radius 2 is 1.19 bits per heavy atom. The Morgan fingerprint density at radius 3 is 1.68 bits per heavy atom. The first-order valence-corrected chi connectivity index (χ1v) is 9.57. The summed E-state index contributed by atoms with van der Waals surface area (Å²) in [5, 5.41) is 11.5. The first kappa shape index (κ1) is 20.1. The third-order valence-corrected chi connectivity index (χ3v) is 5.17. The van der Waals surface area contributed by atoms with Crippen LogP contribution in [-0.4, -0.2) is 12.0 Å². The minimum Gasteiger partial charge on any atom is -0.490 e. The number of methoxy groups -OCH3 is 1. The molecule has 4 aromatic rings. The lowest BCUT2D eigenvalue weighted by molar-refractivity contribution is -0.388. The maximum Gasteiger partial charge on any atom is 0.346 e. The first-order chi connectivity index (χ1) is 15.0. The highest BCUT2D eigenvalue weighted by Gasteiger charge is 2.26. The molecule has 0 aromatic heterocycles. The molecule has 0 unspecified atom stereocenters. The van der Waals surface area contributed by atoms with E-state index in [2.05, 4.69) is 0 Å². The van der Waals surface area contributed by atoms with Crippen LogP contribution in [0.3, 0.4) is 0 Å². The Bertz CT molecular complexity index is 1290. The van der Waals surface area contributed by atoms with Crippen LogP contribution < -0.4 is 10.5 Å². The predicted octanol–water partition coefficient (Wildman–Crippen LogP) is 6.33. The molecule has 2 N–H and O–H groups in total. The van der Waals surface area contributed by atoms with Crippen LogP contribution in [-0.2, 0) is 0 Å². The van der Waals surface area contributed by atoms with Gasteiger partial charge in [0.15, 0.2) is 5.75 Å². The van der Waals surface area contributed by atoms with Crippen LogP contribution in [0.15, 0.2) is 84.9 Å². The third-order valence-electron chi connectivity index (χ3n) is 5.17. The van der Waals surface area contributed by atoms with Crippen molar-refractivity contribution in [2.75, 3.05) is 12.8 Å². The van der Waals surface area contributed by atoms with Gasteiger partial charge in [-0.2, -0.15) is 4.39 Å². The average Bonchev–Trinajstić information content (AvgIpc) is 2.79. The number of nitrogens with zero attached hydrogens (tertiary/aromatic N) is 1. The molecule has 4 aromatic carbocycles. The molecule has 0 radical (unpaired) electrons. The van der Waals surface area contributed by atoms with Crippen LogP contribution in [0.25, 0.3) is 33.4 Å². The van der Waals surface area contributed by atoms with Crippen molar-refractivity contribution in [2.24, 2.45) is 0 Å². The van der Waals surface area contributed by atoms with Gasteiger partial charge in [0.05, 0.1) is 12.0 Å². The fraction of sp³-hybridized carbons (Fsp3) is 0.0400. The lowest BCUT2D eigenvalue weighted by Gasteiger charge is -2.16. The van der Waals surface area contributed by atoms with E-state index in [1.165, 1.54) is 19.2 Å². The van der Waals surface area contributed by atoms with Crippen LogP contribution in [0.1, 0.15) is 0 Å². The summed E-state index contributed by atoms with van der Waals surface area (Å²) in [5.41, 5.74) is 10.1. The highest BCUT2D eigenvalue weighted by molar-refractivity contribution is 5.94. The van der Waals surface area contributed by atoms with Crippen molar-refractivity contribution in [1.82, 2.24) is 0 Å². The number of nitrogens with two attached hydrogens (primary N) is 1. The summed E-state index contributed by atoms with van der Waals surface area (Å²) in [6.07, 6.45) is 0. The van der Waals surface area contributed by atoms with E-state index in [4.69, 9.17) is 10.5 Å². The summed E-state index contributed by atoms with van der Waals surface area (Å²) in [7, 11) is 1.27. The maximum absolute atomic E-state index is 15.3. The van der Waals surface area contributed by atoms with Crippen LogP contribution >= 0.6 is 0 Å². The van der Waals surface area contributed by atoms with Crippen LogP contribution in [0, 0.1) is 15.9 Å². The van der Waals surface area contributed by atoms with Gasteiger partial charge >= 0.3 is 5.69 Å². The summed E-state index contributed by atoms with van der Waals surface area (Å²) in [4.78, 5) is 10.7. The smallest absolute Gasteiger partial charge is 0.346 e. The second-order valence-corrected chi connectivity index (χ2v) is 6.91. The minimum atomic E-state index is -0.937. The van der Waals surface area contributed by atoms with E-state index in [1.54, 1.807) is 12.1 Å². The zero-order valence-electron chi connectivity index (χ0n) is 16.7. The minimum absolute atomic E-state index is 0.124. The van der Waals surface area contributed by atoms with Gasteiger partial charge in [-0.05, 0) is 40.5 Å². The quantitative estimate of drug-likeness (QED) is 0.235. The monoisotopic (exact) mass is 414 g/mol. The molecule has 0 aliphatic heterocycles. The molecule has 31 heavy (non-hydrogen) atoms. The number of nitro benzene ring substituents is 1. The number of anilines is 1. The van der Waals surface area contributed by atoms with E-state index in [0.29, 0.717) is 11.3 Å². The zero-order chi connectivity index (χ0) is 22.0. The molecule has 0 spiro atoms. The van der Waals surface area contributed by atoms with Crippen molar-refractivity contribution < 1.29 is 14.1 Å². The normalized spacial score (nSPS) is 10.6. The fourth-order valence-corrected chi connectivity index (χ4v) is 3.74. The molecule has 154 valence electrons. The Morgan fingerprint density at radius 1 is 0.742 bits per heavy atom. The van der Waals surface area contributed by atoms with Crippen LogP contribution in [0.5, 0.6) is 5.75 Å². The molecule has 0 amide bonds. The topological polar surface area (TPSA) is 78.4 Å². The SMILES string of the molecule is COc1ccc(-c2ccccc2-c2ccccc2-c2ccccc2N)c(F)c1[N+](=O)[O-]. The van der Waals surface area contributed by atoms with Gasteiger partial charge in [0.2, 0.25) is 5.82 Å². The molecule has 0 saturated heterocycles. The number of benzene rings is 4. The Balaban J connectivity index is 1.98. The average molecular weight is 414 g/mol. The standard InChI is InChI=1S/C25H19FN2O3/c1-31-23-15-14-21(24(26)25(23)28(29)30)19-11-5-3-9-17(19)16-8-2-4-10-18(16)20-12-6-7-13-22(20)27/h2-15H,27H2,1H3. The van der Waals surface area contributed by atoms with Gasteiger partial charge in [0.25, 0.3) is 0 Å². The number of para-hydroxylation sites is 1. The van der Waals surface area contributed by atoms with Gasteiger partial charge in [-0.15, -0.1) is 0 Å². The molecule has 0 fully saturated rings. The van der Waals surface area contributed by atoms with E-state index in [-0.39, 0.29) is 11.3 Å². The molecular weight excluding hydrogens is 395 g/mol. The van der Waals surface area contributed by atoms with Gasteiger partial charge < -0.3 is 10.5 Å². The number of rotatable bonds is 5. The molecule has 6 heteroatoms. The molecule has 0 saturated carbocycles. The van der Waals surface area contributed by atoms with E-state index in [9.17, 15) is 10.1 Å². The van der Waals surface area contributed by atoms with Gasteiger partial charge in [0.1, 0.15) is 0 Å². The number of nitrogen functional groups attached to an aromatic ring is 1. The van der Waals surface area contributed by atoms with E-state index >= 15 is 4.39 Å². The largest absolute Gasteiger partial charge is 0.490 e. The summed E-state index contributed by atoms with van der Waals surface area (Å²) in [6, 6.07) is 25.3. The van der Waals surface area contributed by atoms with Crippen molar-refractivity contribution in [2.45, 2.75) is 0 Å². The van der Waals surface area contributed by atoms with Crippen molar-refractivity contribution in [1.29, 1.82) is 0 Å². The molecule has 0 atom stereocenters. The summed E-state index contributed by atoms with van der Waals surface area (Å²) in [6.45, 7) is 0. The predicted molar refractivity (Wildman–Crippen MR) is 120 cm³/mol. The first-order valence-electron chi connectivity index (χ1n) is 9.57. The van der Waals surface area contributed by atoms with E-state index in [1.807, 2.05) is 60.7 Å². The highest BCUT2D eigenvalue weighted by atomic mass is 19.1. The summed E-state index contributed by atoms with van der Waals surface area (Å²) < 4.78 is 20.3. The Hall–Kier alpha value is -4.19. The summed E-state index contributed by atoms with van der Waals surface area (Å²) >= 11 is 0. The molecule has 0 heterocycles. The fourth-order valence-electron chi connectivity index (χ4n) is 3.74. The Labute approximate surface area is 178 Å². The highest BCUT2D eigenvalue weighted by Crippen LogP contribution is 2.43. The lowest BCUT2D eigenvalue weighted by atomic mass is 9.88. The number of ether oxygens (including phenoxy) is 1. The Kier molecular flexibility index (Phi) is 5.37. The van der Waals surface area contributed by atoms with Gasteiger partial charge in [-0.3, -0.25) is 10.1 Å². The second kappa shape index (κ2) is 8.28. The zero-order valence-corrected chi connectivity index (χ0v) is 16.7. The molecule has 0 aliphatic carbocycles. The number of nitro groups is 1. The second-order valence-electron chi connectivity index (χ2n) is 6.91. The molecule has 5 nitrogen and oxygen atoms in total. The maximum atomic E-state index is 15.3. The molecular formula is C25H19FN2O3. The molecule has 0 aliphatic rings. The number of hydrogen-bond donors (Lipinski definition) is 1. The van der Waals surface area contributed by atoms with Gasteiger partial charge in [0, 0.05) is 16.8 Å². The van der Waals surface area contributed by atoms with Crippen molar-refractivity contribution in [3.8, 4) is 39.1 Å². The number of halogens is 1. The number of hydrogen-bond acceptors (Lipinski definition) is 4. The van der Waals surface area contributed by atoms with Crippen molar-refractivity contribution in [3.05, 3.63) is 101 Å². The van der Waals surface area contributed by atoms with Crippen LogP contribution in [0.4, 0.5) is 15.8 Å². The lowest BCUT2D eigenvalue weighted by Crippen LogP contribution is -2.00. The van der Waals surface area contributed by atoms with Crippen LogP contribution in [0.2, 0.25) is 0 Å². The third kappa shape index (κ3) is 3.59. The van der Waals surface area contributed by atoms with Crippen molar-refractivity contribution >= 4 is 11.4 Å². The van der Waals surface area contributed by atoms with Gasteiger partial charge in [-0.1, -0.05) is 66.7 Å². The molecule has 4 rings (SSSR count). The van der Waals surface area contributed by atoms with Crippen molar-refractivity contribution in [3.63, 3.8) is 0 Å². The molecule has 0 bridgehead atoms. The van der Waals surface area contributed by atoms with Gasteiger partial charge in [-0.25, -0.2) is 0 Å².